The highest BCUT2D eigenvalue weighted by Crippen LogP contribution is 2.16. The molecule has 2 rings (SSSR count). The van der Waals surface area contributed by atoms with E-state index in [0.717, 1.165) is 25.9 Å². The Bertz CT molecular complexity index is 475. The van der Waals surface area contributed by atoms with Crippen molar-refractivity contribution in [1.29, 1.82) is 5.26 Å². The first kappa shape index (κ1) is 12.6. The summed E-state index contributed by atoms with van der Waals surface area (Å²) in [6.07, 6.45) is 2.29. The lowest BCUT2D eigenvalue weighted by molar-refractivity contribution is -0.132. The zero-order chi connectivity index (χ0) is 13.0. The maximum absolute atomic E-state index is 13.0. The lowest BCUT2D eigenvalue weighted by Crippen LogP contribution is -2.34. The first-order valence-corrected chi connectivity index (χ1v) is 6.13. The van der Waals surface area contributed by atoms with Crippen LogP contribution in [-0.2, 0) is 11.2 Å². The largest absolute Gasteiger partial charge is 0.342 e. The number of nitrogens with zero attached hydrogens (tertiary/aromatic N) is 2. The average Bonchev–Trinajstić information content (AvgIpc) is 2.89. The van der Waals surface area contributed by atoms with Crippen molar-refractivity contribution in [3.63, 3.8) is 0 Å². The van der Waals surface area contributed by atoms with Gasteiger partial charge in [-0.25, -0.2) is 4.39 Å². The van der Waals surface area contributed by atoms with Gasteiger partial charge >= 0.3 is 0 Å². The number of hydrogen-bond donors (Lipinski definition) is 0. The van der Waals surface area contributed by atoms with Crippen molar-refractivity contribution in [1.82, 2.24) is 4.90 Å². The number of rotatable bonds is 3. The highest BCUT2D eigenvalue weighted by Gasteiger charge is 2.26. The van der Waals surface area contributed by atoms with Crippen LogP contribution in [0.5, 0.6) is 0 Å². The van der Waals surface area contributed by atoms with Crippen LogP contribution in [0.3, 0.4) is 0 Å². The average molecular weight is 246 g/mol. The molecule has 1 aromatic rings. The van der Waals surface area contributed by atoms with Crippen LogP contribution < -0.4 is 0 Å². The quantitative estimate of drug-likeness (QED) is 0.820. The fourth-order valence-corrected chi connectivity index (χ4v) is 2.25. The van der Waals surface area contributed by atoms with Gasteiger partial charge in [-0.3, -0.25) is 4.79 Å². The molecule has 1 aromatic carbocycles. The van der Waals surface area contributed by atoms with Gasteiger partial charge in [0, 0.05) is 13.1 Å². The molecule has 0 spiro atoms. The second-order valence-electron chi connectivity index (χ2n) is 4.55. The van der Waals surface area contributed by atoms with Gasteiger partial charge in [0.1, 0.15) is 11.7 Å². The number of carbonyl (C=O) groups is 1. The number of likely N-dealkylation sites (tertiary alicyclic amines) is 1. The summed E-state index contributed by atoms with van der Waals surface area (Å²) in [4.78, 5) is 13.8. The van der Waals surface area contributed by atoms with Crippen molar-refractivity contribution < 1.29 is 9.18 Å². The number of nitriles is 1. The molecule has 0 saturated carbocycles. The fraction of sp³-hybridized carbons (Fsp3) is 0.429. The molecule has 94 valence electrons. The Hall–Kier alpha value is -1.89. The van der Waals surface area contributed by atoms with Crippen molar-refractivity contribution in [2.75, 3.05) is 13.1 Å². The molecule has 18 heavy (non-hydrogen) atoms. The Morgan fingerprint density at radius 1 is 1.44 bits per heavy atom. The lowest BCUT2D eigenvalue weighted by Gasteiger charge is -2.18. The van der Waals surface area contributed by atoms with E-state index in [2.05, 4.69) is 0 Å². The molecule has 1 aliphatic rings. The molecular weight excluding hydrogens is 231 g/mol. The van der Waals surface area contributed by atoms with Crippen LogP contribution in [0.2, 0.25) is 0 Å². The maximum atomic E-state index is 13.0. The van der Waals surface area contributed by atoms with Crippen LogP contribution in [-0.4, -0.2) is 23.9 Å². The van der Waals surface area contributed by atoms with Gasteiger partial charge in [-0.2, -0.15) is 5.26 Å². The molecule has 0 aliphatic carbocycles. The van der Waals surface area contributed by atoms with Crippen molar-refractivity contribution in [2.45, 2.75) is 19.3 Å². The SMILES string of the molecule is N#CC(Cc1cccc(F)c1)C(=O)N1CCCC1. The summed E-state index contributed by atoms with van der Waals surface area (Å²) >= 11 is 0. The summed E-state index contributed by atoms with van der Waals surface area (Å²) in [6.45, 7) is 1.47. The van der Waals surface area contributed by atoms with Crippen molar-refractivity contribution in [2.24, 2.45) is 5.92 Å². The Labute approximate surface area is 106 Å². The number of amides is 1. The molecule has 1 aliphatic heterocycles. The molecule has 1 saturated heterocycles. The number of hydrogen-bond acceptors (Lipinski definition) is 2. The van der Waals surface area contributed by atoms with E-state index in [1.165, 1.54) is 12.1 Å². The third-order valence-electron chi connectivity index (χ3n) is 3.20. The predicted molar refractivity (Wildman–Crippen MR) is 65.0 cm³/mol. The van der Waals surface area contributed by atoms with E-state index < -0.39 is 5.92 Å². The third-order valence-corrected chi connectivity index (χ3v) is 3.20. The summed E-state index contributed by atoms with van der Waals surface area (Å²) in [7, 11) is 0. The van der Waals surface area contributed by atoms with E-state index in [0.29, 0.717) is 5.56 Å². The van der Waals surface area contributed by atoms with Crippen LogP contribution >= 0.6 is 0 Å². The summed E-state index contributed by atoms with van der Waals surface area (Å²) in [5.74, 6) is -1.16. The first-order chi connectivity index (χ1) is 8.70. The highest BCUT2D eigenvalue weighted by atomic mass is 19.1. The maximum Gasteiger partial charge on any atom is 0.240 e. The van der Waals surface area contributed by atoms with E-state index in [1.54, 1.807) is 17.0 Å². The van der Waals surface area contributed by atoms with Crippen LogP contribution in [0.15, 0.2) is 24.3 Å². The Morgan fingerprint density at radius 3 is 2.78 bits per heavy atom. The monoisotopic (exact) mass is 246 g/mol. The topological polar surface area (TPSA) is 44.1 Å². The van der Waals surface area contributed by atoms with Gasteiger partial charge in [-0.15, -0.1) is 0 Å². The smallest absolute Gasteiger partial charge is 0.240 e. The van der Waals surface area contributed by atoms with E-state index in [9.17, 15) is 9.18 Å². The van der Waals surface area contributed by atoms with E-state index in [-0.39, 0.29) is 18.1 Å². The first-order valence-electron chi connectivity index (χ1n) is 6.13. The Balaban J connectivity index is 2.05. The van der Waals surface area contributed by atoms with E-state index in [1.807, 2.05) is 6.07 Å². The highest BCUT2D eigenvalue weighted by molar-refractivity contribution is 5.81. The van der Waals surface area contributed by atoms with Crippen LogP contribution in [0, 0.1) is 23.1 Å². The second-order valence-corrected chi connectivity index (χ2v) is 4.55. The van der Waals surface area contributed by atoms with Gasteiger partial charge in [-0.1, -0.05) is 12.1 Å². The normalized spacial score (nSPS) is 16.3. The van der Waals surface area contributed by atoms with E-state index >= 15 is 0 Å². The van der Waals surface area contributed by atoms with Crippen molar-refractivity contribution in [3.05, 3.63) is 35.6 Å². The summed E-state index contributed by atoms with van der Waals surface area (Å²) in [6, 6.07) is 8.10. The fourth-order valence-electron chi connectivity index (χ4n) is 2.25. The second kappa shape index (κ2) is 5.63. The molecule has 0 N–H and O–H groups in total. The Kier molecular flexibility index (Phi) is 3.93. The van der Waals surface area contributed by atoms with Gasteiger partial charge in [0.15, 0.2) is 0 Å². The number of benzene rings is 1. The van der Waals surface area contributed by atoms with Gasteiger partial charge in [0.25, 0.3) is 0 Å². The van der Waals surface area contributed by atoms with Crippen LogP contribution in [0.25, 0.3) is 0 Å². The van der Waals surface area contributed by atoms with Crippen molar-refractivity contribution >= 4 is 5.91 Å². The molecule has 1 atom stereocenters. The molecule has 3 nitrogen and oxygen atoms in total. The van der Waals surface area contributed by atoms with Gasteiger partial charge in [-0.05, 0) is 37.0 Å². The van der Waals surface area contributed by atoms with Gasteiger partial charge in [0.2, 0.25) is 5.91 Å². The minimum absolute atomic E-state index is 0.126. The third kappa shape index (κ3) is 2.86. The van der Waals surface area contributed by atoms with Gasteiger partial charge in [0.05, 0.1) is 6.07 Å². The standard InChI is InChI=1S/C14H15FN2O/c15-13-5-3-4-11(9-13)8-12(10-16)14(18)17-6-1-2-7-17/h3-5,9,12H,1-2,6-8H2. The summed E-state index contributed by atoms with van der Waals surface area (Å²) < 4.78 is 13.0. The number of carbonyl (C=O) groups excluding carboxylic acids is 1. The number of halogens is 1. The van der Waals surface area contributed by atoms with Crippen molar-refractivity contribution in [3.8, 4) is 6.07 Å². The molecule has 1 amide bonds. The molecule has 1 fully saturated rings. The predicted octanol–water partition coefficient (Wildman–Crippen LogP) is 2.13. The Morgan fingerprint density at radius 2 is 2.17 bits per heavy atom. The summed E-state index contributed by atoms with van der Waals surface area (Å²) in [5, 5.41) is 9.10. The summed E-state index contributed by atoms with van der Waals surface area (Å²) in [5.41, 5.74) is 0.689. The molecule has 4 heteroatoms. The molecule has 0 aromatic heterocycles. The molecule has 1 unspecified atom stereocenters. The van der Waals surface area contributed by atoms with E-state index in [4.69, 9.17) is 5.26 Å². The molecular formula is C14H15FN2O. The zero-order valence-electron chi connectivity index (χ0n) is 10.1. The minimum Gasteiger partial charge on any atom is -0.342 e. The molecule has 0 radical (unpaired) electrons. The molecule has 0 bridgehead atoms. The van der Waals surface area contributed by atoms with Gasteiger partial charge < -0.3 is 4.90 Å². The molecule has 1 heterocycles. The minimum atomic E-state index is -0.704. The lowest BCUT2D eigenvalue weighted by atomic mass is 9.99. The van der Waals surface area contributed by atoms with Crippen LogP contribution in [0.1, 0.15) is 18.4 Å². The zero-order valence-corrected chi connectivity index (χ0v) is 10.1. The van der Waals surface area contributed by atoms with Crippen LogP contribution in [0.4, 0.5) is 4.39 Å².